The molecule has 2 rings (SSSR count). The van der Waals surface area contributed by atoms with Gasteiger partial charge in [0.15, 0.2) is 0 Å². The van der Waals surface area contributed by atoms with Crippen LogP contribution in [0, 0.1) is 11.3 Å². The molecule has 0 spiro atoms. The van der Waals surface area contributed by atoms with Crippen molar-refractivity contribution in [2.75, 3.05) is 12.4 Å². The smallest absolute Gasteiger partial charge is 0.266 e. The molecule has 6 heteroatoms. The Hall–Kier alpha value is -2.10. The molecule has 0 radical (unpaired) electrons. The van der Waals surface area contributed by atoms with Gasteiger partial charge in [0.25, 0.3) is 5.91 Å². The highest BCUT2D eigenvalue weighted by molar-refractivity contribution is 9.10. The number of carbonyl (C=O) groups excluding carboxylic acids is 1. The van der Waals surface area contributed by atoms with Crippen molar-refractivity contribution in [2.24, 2.45) is 0 Å². The van der Waals surface area contributed by atoms with Crippen molar-refractivity contribution in [2.45, 2.75) is 0 Å². The van der Waals surface area contributed by atoms with E-state index in [9.17, 15) is 10.1 Å². The first-order chi connectivity index (χ1) is 11.0. The predicted molar refractivity (Wildman–Crippen MR) is 97.1 cm³/mol. The highest BCUT2D eigenvalue weighted by Crippen LogP contribution is 2.26. The second kappa shape index (κ2) is 7.95. The third-order valence-corrected chi connectivity index (χ3v) is 4.10. The first-order valence-corrected chi connectivity index (χ1v) is 8.14. The Morgan fingerprint density at radius 2 is 1.91 bits per heavy atom. The molecule has 2 aromatic carbocycles. The van der Waals surface area contributed by atoms with E-state index in [2.05, 4.69) is 37.2 Å². The van der Waals surface area contributed by atoms with E-state index in [1.165, 1.54) is 6.08 Å². The molecule has 0 aliphatic rings. The minimum atomic E-state index is -0.457. The highest BCUT2D eigenvalue weighted by atomic mass is 79.9. The predicted octanol–water partition coefficient (Wildman–Crippen LogP) is 4.77. The zero-order valence-electron chi connectivity index (χ0n) is 12.1. The lowest BCUT2D eigenvalue weighted by molar-refractivity contribution is -0.112. The highest BCUT2D eigenvalue weighted by Gasteiger charge is 2.10. The zero-order chi connectivity index (χ0) is 16.8. The van der Waals surface area contributed by atoms with Gasteiger partial charge >= 0.3 is 0 Å². The van der Waals surface area contributed by atoms with E-state index in [0.717, 1.165) is 14.5 Å². The quantitative estimate of drug-likeness (QED) is 0.555. The van der Waals surface area contributed by atoms with Crippen molar-refractivity contribution < 1.29 is 9.53 Å². The van der Waals surface area contributed by atoms with Gasteiger partial charge in [0.2, 0.25) is 0 Å². The van der Waals surface area contributed by atoms with Gasteiger partial charge in [0.1, 0.15) is 17.4 Å². The van der Waals surface area contributed by atoms with E-state index in [-0.39, 0.29) is 5.57 Å². The van der Waals surface area contributed by atoms with Gasteiger partial charge in [-0.1, -0.05) is 22.0 Å². The number of halogens is 2. The maximum atomic E-state index is 12.2. The summed E-state index contributed by atoms with van der Waals surface area (Å²) < 4.78 is 6.81. The molecule has 116 valence electrons. The number of hydrogen-bond donors (Lipinski definition) is 1. The second-order valence-electron chi connectivity index (χ2n) is 4.52. The number of rotatable bonds is 4. The lowest BCUT2D eigenvalue weighted by Gasteiger charge is -2.06. The molecular formula is C17H12Br2N2O2. The number of methoxy groups -OCH3 is 1. The standard InChI is InChI=1S/C17H12Br2N2O2/c1-23-16-7-2-11(9-15(16)19)8-12(10-20)17(22)21-14-5-3-13(18)4-6-14/h2-9H,1H3,(H,21,22). The van der Waals surface area contributed by atoms with Gasteiger partial charge in [-0.15, -0.1) is 0 Å². The Balaban J connectivity index is 2.21. The molecule has 0 fully saturated rings. The van der Waals surface area contributed by atoms with Crippen LogP contribution in [0.4, 0.5) is 5.69 Å². The molecule has 0 saturated heterocycles. The number of nitrogens with zero attached hydrogens (tertiary/aromatic N) is 1. The monoisotopic (exact) mass is 434 g/mol. The van der Waals surface area contributed by atoms with Crippen molar-refractivity contribution in [3.8, 4) is 11.8 Å². The van der Waals surface area contributed by atoms with Crippen LogP contribution in [-0.4, -0.2) is 13.0 Å². The molecule has 1 amide bonds. The van der Waals surface area contributed by atoms with Crippen LogP contribution in [0.3, 0.4) is 0 Å². The Morgan fingerprint density at radius 3 is 2.48 bits per heavy atom. The van der Waals surface area contributed by atoms with Gasteiger partial charge < -0.3 is 10.1 Å². The fourth-order valence-corrected chi connectivity index (χ4v) is 2.64. The van der Waals surface area contributed by atoms with E-state index in [4.69, 9.17) is 4.74 Å². The summed E-state index contributed by atoms with van der Waals surface area (Å²) in [6.07, 6.45) is 1.53. The lowest BCUT2D eigenvalue weighted by atomic mass is 10.1. The number of nitriles is 1. The Kier molecular flexibility index (Phi) is 5.97. The van der Waals surface area contributed by atoms with Crippen molar-refractivity contribution in [1.82, 2.24) is 0 Å². The average Bonchev–Trinajstić information content (AvgIpc) is 2.54. The molecule has 0 saturated carbocycles. The number of carbonyl (C=O) groups is 1. The molecular weight excluding hydrogens is 424 g/mol. The number of benzene rings is 2. The summed E-state index contributed by atoms with van der Waals surface area (Å²) in [5, 5.41) is 11.9. The summed E-state index contributed by atoms with van der Waals surface area (Å²) in [7, 11) is 1.57. The van der Waals surface area contributed by atoms with Crippen molar-refractivity contribution in [1.29, 1.82) is 5.26 Å². The fourth-order valence-electron chi connectivity index (χ4n) is 1.82. The van der Waals surface area contributed by atoms with Crippen molar-refractivity contribution in [3.05, 3.63) is 62.5 Å². The molecule has 1 N–H and O–H groups in total. The minimum Gasteiger partial charge on any atom is -0.496 e. The van der Waals surface area contributed by atoms with Crippen LogP contribution in [0.1, 0.15) is 5.56 Å². The lowest BCUT2D eigenvalue weighted by Crippen LogP contribution is -2.13. The molecule has 0 atom stereocenters. The van der Waals surface area contributed by atoms with Crippen LogP contribution in [0.5, 0.6) is 5.75 Å². The molecule has 2 aromatic rings. The third-order valence-electron chi connectivity index (χ3n) is 2.95. The molecule has 0 unspecified atom stereocenters. The SMILES string of the molecule is COc1ccc(C=C(C#N)C(=O)Nc2ccc(Br)cc2)cc1Br. The van der Waals surface area contributed by atoms with Crippen molar-refractivity contribution in [3.63, 3.8) is 0 Å². The van der Waals surface area contributed by atoms with E-state index in [1.54, 1.807) is 37.4 Å². The maximum Gasteiger partial charge on any atom is 0.266 e. The second-order valence-corrected chi connectivity index (χ2v) is 6.29. The van der Waals surface area contributed by atoms with Crippen molar-refractivity contribution >= 4 is 49.5 Å². The zero-order valence-corrected chi connectivity index (χ0v) is 15.3. The topological polar surface area (TPSA) is 62.1 Å². The minimum absolute atomic E-state index is 0.0185. The van der Waals surface area contributed by atoms with E-state index in [1.807, 2.05) is 18.2 Å². The summed E-state index contributed by atoms with van der Waals surface area (Å²) in [6.45, 7) is 0. The normalized spacial score (nSPS) is 10.8. The van der Waals surface area contributed by atoms with Gasteiger partial charge in [-0.2, -0.15) is 5.26 Å². The molecule has 4 nitrogen and oxygen atoms in total. The summed E-state index contributed by atoms with van der Waals surface area (Å²) >= 11 is 6.70. The van der Waals surface area contributed by atoms with Crippen LogP contribution in [0.15, 0.2) is 57.0 Å². The van der Waals surface area contributed by atoms with Crippen LogP contribution < -0.4 is 10.1 Å². The van der Waals surface area contributed by atoms with Gasteiger partial charge in [-0.3, -0.25) is 4.79 Å². The number of amides is 1. The fraction of sp³-hybridized carbons (Fsp3) is 0.0588. The third kappa shape index (κ3) is 4.68. The molecule has 0 aliphatic carbocycles. The van der Waals surface area contributed by atoms with E-state index < -0.39 is 5.91 Å². The number of hydrogen-bond acceptors (Lipinski definition) is 3. The number of nitrogens with one attached hydrogen (secondary N) is 1. The first-order valence-electron chi connectivity index (χ1n) is 6.55. The maximum absolute atomic E-state index is 12.2. The number of anilines is 1. The van der Waals surface area contributed by atoms with Crippen LogP contribution in [-0.2, 0) is 4.79 Å². The molecule has 0 heterocycles. The summed E-state index contributed by atoms with van der Waals surface area (Å²) in [5.41, 5.74) is 1.36. The van der Waals surface area contributed by atoms with Gasteiger partial charge in [-0.25, -0.2) is 0 Å². The van der Waals surface area contributed by atoms with Gasteiger partial charge in [0, 0.05) is 10.2 Å². The molecule has 23 heavy (non-hydrogen) atoms. The van der Waals surface area contributed by atoms with Gasteiger partial charge in [-0.05, 0) is 64.0 Å². The van der Waals surface area contributed by atoms with E-state index >= 15 is 0 Å². The first kappa shape index (κ1) is 17.3. The van der Waals surface area contributed by atoms with Crippen LogP contribution in [0.2, 0.25) is 0 Å². The molecule has 0 aliphatic heterocycles. The number of ether oxygens (including phenoxy) is 1. The Bertz CT molecular complexity index is 793. The average molecular weight is 436 g/mol. The van der Waals surface area contributed by atoms with Gasteiger partial charge in [0.05, 0.1) is 11.6 Å². The summed E-state index contributed by atoms with van der Waals surface area (Å²) in [4.78, 5) is 12.2. The van der Waals surface area contributed by atoms with E-state index in [0.29, 0.717) is 11.4 Å². The summed E-state index contributed by atoms with van der Waals surface area (Å²) in [6, 6.07) is 14.4. The summed E-state index contributed by atoms with van der Waals surface area (Å²) in [5.74, 6) is 0.224. The Labute approximate surface area is 151 Å². The Morgan fingerprint density at radius 1 is 1.22 bits per heavy atom. The largest absolute Gasteiger partial charge is 0.496 e. The molecule has 0 aromatic heterocycles. The molecule has 0 bridgehead atoms. The van der Waals surface area contributed by atoms with Crippen LogP contribution >= 0.6 is 31.9 Å². The van der Waals surface area contributed by atoms with Crippen LogP contribution in [0.25, 0.3) is 6.08 Å².